The second-order valence-electron chi connectivity index (χ2n) is 4.63. The van der Waals surface area contributed by atoms with E-state index in [1.54, 1.807) is 19.2 Å². The lowest BCUT2D eigenvalue weighted by Crippen LogP contribution is -2.19. The van der Waals surface area contributed by atoms with Crippen molar-refractivity contribution in [2.75, 3.05) is 0 Å². The molecule has 0 saturated carbocycles. The molecule has 0 fully saturated rings. The van der Waals surface area contributed by atoms with Crippen molar-refractivity contribution in [3.63, 3.8) is 0 Å². The van der Waals surface area contributed by atoms with Gasteiger partial charge in [-0.25, -0.2) is 4.68 Å². The van der Waals surface area contributed by atoms with Gasteiger partial charge < -0.3 is 5.73 Å². The number of nitrogens with zero attached hydrogens (tertiary/aromatic N) is 2. The van der Waals surface area contributed by atoms with Gasteiger partial charge in [-0.1, -0.05) is 6.07 Å². The van der Waals surface area contributed by atoms with Crippen molar-refractivity contribution in [3.8, 4) is 5.69 Å². The molecule has 1 heterocycles. The van der Waals surface area contributed by atoms with Crippen molar-refractivity contribution in [2.24, 2.45) is 5.73 Å². The van der Waals surface area contributed by atoms with Crippen LogP contribution in [0.4, 0.5) is 13.2 Å². The average Bonchev–Trinajstić information content (AvgIpc) is 2.74. The molecule has 0 spiro atoms. The van der Waals surface area contributed by atoms with Gasteiger partial charge in [0.25, 0.3) is 0 Å². The second-order valence-corrected chi connectivity index (χ2v) is 5.88. The smallest absolute Gasteiger partial charge is 0.328 e. The number of aromatic nitrogens is 2. The van der Waals surface area contributed by atoms with Crippen molar-refractivity contribution in [1.29, 1.82) is 0 Å². The molecule has 0 saturated heterocycles. The fourth-order valence-electron chi connectivity index (χ4n) is 1.94. The summed E-state index contributed by atoms with van der Waals surface area (Å²) in [6.07, 6.45) is -0.965. The van der Waals surface area contributed by atoms with Crippen molar-refractivity contribution in [2.45, 2.75) is 25.6 Å². The predicted molar refractivity (Wildman–Crippen MR) is 78.6 cm³/mol. The molecule has 1 aromatic carbocycles. The maximum atomic E-state index is 13.2. The molecule has 2 N–H and O–H groups in total. The van der Waals surface area contributed by atoms with Crippen LogP contribution in [0.1, 0.15) is 18.1 Å². The van der Waals surface area contributed by atoms with Gasteiger partial charge in [-0.2, -0.15) is 18.3 Å². The van der Waals surface area contributed by atoms with E-state index in [1.165, 1.54) is 16.9 Å². The fourth-order valence-corrected chi connectivity index (χ4v) is 2.33. The van der Waals surface area contributed by atoms with E-state index in [9.17, 15) is 13.2 Å². The van der Waals surface area contributed by atoms with E-state index in [0.29, 0.717) is 12.0 Å². The van der Waals surface area contributed by atoms with Crippen LogP contribution in [0, 0.1) is 3.57 Å². The lowest BCUT2D eigenvalue weighted by Gasteiger charge is -2.15. The molecule has 0 radical (unpaired) electrons. The zero-order valence-electron chi connectivity index (χ0n) is 10.7. The summed E-state index contributed by atoms with van der Waals surface area (Å²) in [7, 11) is 0. The first-order valence-electron chi connectivity index (χ1n) is 5.93. The SMILES string of the molecule is CC(N)Cc1ccc(-n2cc(I)cn2)c(C(F)(F)F)c1. The van der Waals surface area contributed by atoms with Crippen LogP contribution >= 0.6 is 22.6 Å². The van der Waals surface area contributed by atoms with Crippen molar-refractivity contribution in [3.05, 3.63) is 45.3 Å². The van der Waals surface area contributed by atoms with Crippen LogP contribution in [0.2, 0.25) is 0 Å². The predicted octanol–water partition coefficient (Wildman–Crippen LogP) is 3.39. The minimum absolute atomic E-state index is 0.0221. The summed E-state index contributed by atoms with van der Waals surface area (Å²) in [5.41, 5.74) is 5.53. The molecule has 20 heavy (non-hydrogen) atoms. The molecule has 108 valence electrons. The zero-order valence-corrected chi connectivity index (χ0v) is 12.8. The molecule has 0 bridgehead atoms. The highest BCUT2D eigenvalue weighted by Gasteiger charge is 2.34. The zero-order chi connectivity index (χ0) is 14.9. The largest absolute Gasteiger partial charge is 0.418 e. The third-order valence-electron chi connectivity index (χ3n) is 2.72. The van der Waals surface area contributed by atoms with Gasteiger partial charge in [0.1, 0.15) is 0 Å². The number of nitrogens with two attached hydrogens (primary N) is 1. The van der Waals surface area contributed by atoms with E-state index in [1.807, 2.05) is 22.6 Å². The van der Waals surface area contributed by atoms with E-state index in [-0.39, 0.29) is 11.7 Å². The molecule has 0 amide bonds. The molecule has 0 aliphatic rings. The van der Waals surface area contributed by atoms with Crippen LogP contribution in [0.3, 0.4) is 0 Å². The van der Waals surface area contributed by atoms with E-state index in [4.69, 9.17) is 5.73 Å². The number of benzene rings is 1. The van der Waals surface area contributed by atoms with Gasteiger partial charge in [0.15, 0.2) is 0 Å². The number of rotatable bonds is 3. The van der Waals surface area contributed by atoms with Gasteiger partial charge in [-0.05, 0) is 53.6 Å². The summed E-state index contributed by atoms with van der Waals surface area (Å²) >= 11 is 2.00. The summed E-state index contributed by atoms with van der Waals surface area (Å²) < 4.78 is 41.6. The Labute approximate surface area is 128 Å². The van der Waals surface area contributed by atoms with Crippen LogP contribution in [-0.4, -0.2) is 15.8 Å². The van der Waals surface area contributed by atoms with Gasteiger partial charge >= 0.3 is 6.18 Å². The maximum Gasteiger partial charge on any atom is 0.418 e. The number of hydrogen-bond acceptors (Lipinski definition) is 2. The normalized spacial score (nSPS) is 13.5. The Morgan fingerprint density at radius 2 is 2.10 bits per heavy atom. The standard InChI is InChI=1S/C13H13F3IN3/c1-8(18)4-9-2-3-12(11(5-9)13(14,15)16)20-7-10(17)6-19-20/h2-3,5-8H,4,18H2,1H3. The first-order chi connectivity index (χ1) is 9.27. The highest BCUT2D eigenvalue weighted by atomic mass is 127. The molecule has 0 aliphatic carbocycles. The van der Waals surface area contributed by atoms with E-state index < -0.39 is 11.7 Å². The number of hydrogen-bond donors (Lipinski definition) is 1. The van der Waals surface area contributed by atoms with E-state index >= 15 is 0 Å². The maximum absolute atomic E-state index is 13.2. The van der Waals surface area contributed by atoms with E-state index in [2.05, 4.69) is 5.10 Å². The van der Waals surface area contributed by atoms with Gasteiger partial charge in [-0.15, -0.1) is 0 Å². The quantitative estimate of drug-likeness (QED) is 0.810. The lowest BCUT2D eigenvalue weighted by molar-refractivity contribution is -0.137. The Hall–Kier alpha value is -1.09. The highest BCUT2D eigenvalue weighted by Crippen LogP contribution is 2.34. The van der Waals surface area contributed by atoms with Gasteiger partial charge in [0, 0.05) is 12.2 Å². The van der Waals surface area contributed by atoms with Gasteiger partial charge in [0.05, 0.1) is 21.0 Å². The molecule has 3 nitrogen and oxygen atoms in total. The Morgan fingerprint density at radius 1 is 1.40 bits per heavy atom. The van der Waals surface area contributed by atoms with Crippen molar-refractivity contribution >= 4 is 22.6 Å². The van der Waals surface area contributed by atoms with Crippen LogP contribution in [0.5, 0.6) is 0 Å². The number of halogens is 4. The minimum atomic E-state index is -4.43. The van der Waals surface area contributed by atoms with Crippen LogP contribution in [0.15, 0.2) is 30.6 Å². The lowest BCUT2D eigenvalue weighted by atomic mass is 10.0. The third-order valence-corrected chi connectivity index (χ3v) is 3.28. The first kappa shape index (κ1) is 15.3. The second kappa shape index (κ2) is 5.72. The summed E-state index contributed by atoms with van der Waals surface area (Å²) in [6, 6.07) is 4.05. The Morgan fingerprint density at radius 3 is 2.60 bits per heavy atom. The Balaban J connectivity index is 2.51. The summed E-state index contributed by atoms with van der Waals surface area (Å²) in [4.78, 5) is 0. The molecular formula is C13H13F3IN3. The van der Waals surface area contributed by atoms with Crippen LogP contribution in [-0.2, 0) is 12.6 Å². The molecular weight excluding hydrogens is 382 g/mol. The molecule has 1 aromatic heterocycles. The van der Waals surface area contributed by atoms with Crippen molar-refractivity contribution < 1.29 is 13.2 Å². The van der Waals surface area contributed by atoms with Crippen LogP contribution < -0.4 is 5.73 Å². The molecule has 1 unspecified atom stereocenters. The minimum Gasteiger partial charge on any atom is -0.328 e. The molecule has 1 atom stereocenters. The van der Waals surface area contributed by atoms with Crippen LogP contribution in [0.25, 0.3) is 5.69 Å². The Kier molecular flexibility index (Phi) is 4.38. The topological polar surface area (TPSA) is 43.8 Å². The molecule has 7 heteroatoms. The fraction of sp³-hybridized carbons (Fsp3) is 0.308. The third kappa shape index (κ3) is 3.51. The van der Waals surface area contributed by atoms with E-state index in [0.717, 1.165) is 9.64 Å². The monoisotopic (exact) mass is 395 g/mol. The molecule has 0 aliphatic heterocycles. The highest BCUT2D eigenvalue weighted by molar-refractivity contribution is 14.1. The van der Waals surface area contributed by atoms with Gasteiger partial charge in [0.2, 0.25) is 0 Å². The summed E-state index contributed by atoms with van der Waals surface area (Å²) in [5, 5.41) is 3.94. The number of alkyl halides is 3. The average molecular weight is 395 g/mol. The Bertz CT molecular complexity index is 605. The van der Waals surface area contributed by atoms with Crippen molar-refractivity contribution in [1.82, 2.24) is 9.78 Å². The molecule has 2 aromatic rings. The molecule has 2 rings (SSSR count). The summed E-state index contributed by atoms with van der Waals surface area (Å²) in [6.45, 7) is 1.76. The van der Waals surface area contributed by atoms with Gasteiger partial charge in [-0.3, -0.25) is 0 Å². The summed E-state index contributed by atoms with van der Waals surface area (Å²) in [5.74, 6) is 0. The first-order valence-corrected chi connectivity index (χ1v) is 7.01.